The van der Waals surface area contributed by atoms with Crippen LogP contribution in [0.25, 0.3) is 0 Å². The third-order valence-corrected chi connectivity index (χ3v) is 3.43. The maximum Gasteiger partial charge on any atom is 0.0531 e. The number of aliphatic hydroxyl groups is 1. The lowest BCUT2D eigenvalue weighted by atomic mass is 10.1. The number of halogens is 1. The molecule has 2 unspecified atom stereocenters. The molecule has 0 aliphatic carbocycles. The molecule has 1 heterocycles. The summed E-state index contributed by atoms with van der Waals surface area (Å²) in [6.07, 6.45) is 1.48. The number of rotatable bonds is 2. The first-order chi connectivity index (χ1) is 7.09. The number of aliphatic hydroxyl groups excluding tert-OH is 1. The van der Waals surface area contributed by atoms with Crippen LogP contribution in [0.15, 0.2) is 18.2 Å². The van der Waals surface area contributed by atoms with Crippen molar-refractivity contribution in [1.82, 2.24) is 0 Å². The van der Waals surface area contributed by atoms with Crippen molar-refractivity contribution in [1.29, 1.82) is 0 Å². The van der Waals surface area contributed by atoms with Crippen LogP contribution in [0.5, 0.6) is 0 Å². The molecule has 15 heavy (non-hydrogen) atoms. The molecule has 0 saturated carbocycles. The van der Waals surface area contributed by atoms with Gasteiger partial charge in [0.1, 0.15) is 0 Å². The SMILES string of the molecule is CC(O)CC1Cc2c(Cl)cccc2N1C. The van der Waals surface area contributed by atoms with Gasteiger partial charge in [0, 0.05) is 23.8 Å². The van der Waals surface area contributed by atoms with Gasteiger partial charge < -0.3 is 10.0 Å². The van der Waals surface area contributed by atoms with Gasteiger partial charge in [0.25, 0.3) is 0 Å². The largest absolute Gasteiger partial charge is 0.393 e. The maximum atomic E-state index is 9.42. The maximum absolute atomic E-state index is 9.42. The number of benzene rings is 1. The van der Waals surface area contributed by atoms with E-state index in [9.17, 15) is 5.11 Å². The summed E-state index contributed by atoms with van der Waals surface area (Å²) < 4.78 is 0. The lowest BCUT2D eigenvalue weighted by molar-refractivity contribution is 0.175. The summed E-state index contributed by atoms with van der Waals surface area (Å²) in [6.45, 7) is 1.83. The van der Waals surface area contributed by atoms with E-state index in [2.05, 4.69) is 18.0 Å². The van der Waals surface area contributed by atoms with Crippen LogP contribution in [-0.2, 0) is 6.42 Å². The van der Waals surface area contributed by atoms with Gasteiger partial charge in [-0.3, -0.25) is 0 Å². The molecule has 1 aromatic carbocycles. The Morgan fingerprint density at radius 1 is 1.60 bits per heavy atom. The van der Waals surface area contributed by atoms with Crippen LogP contribution in [0.3, 0.4) is 0 Å². The van der Waals surface area contributed by atoms with Gasteiger partial charge >= 0.3 is 0 Å². The summed E-state index contributed by atoms with van der Waals surface area (Å²) in [5, 5.41) is 10.3. The van der Waals surface area contributed by atoms with E-state index in [0.717, 1.165) is 17.9 Å². The minimum atomic E-state index is -0.259. The van der Waals surface area contributed by atoms with Gasteiger partial charge in [0.15, 0.2) is 0 Å². The van der Waals surface area contributed by atoms with E-state index in [1.54, 1.807) is 0 Å². The lowest BCUT2D eigenvalue weighted by Crippen LogP contribution is -2.30. The quantitative estimate of drug-likeness (QED) is 0.836. The predicted molar refractivity (Wildman–Crippen MR) is 63.6 cm³/mol. The van der Waals surface area contributed by atoms with Crippen LogP contribution in [0.1, 0.15) is 18.9 Å². The highest BCUT2D eigenvalue weighted by Crippen LogP contribution is 2.36. The van der Waals surface area contributed by atoms with E-state index in [1.165, 1.54) is 11.3 Å². The first kappa shape index (κ1) is 10.8. The average Bonchev–Trinajstić information content (AvgIpc) is 2.46. The van der Waals surface area contributed by atoms with Gasteiger partial charge in [0.05, 0.1) is 6.10 Å². The summed E-state index contributed by atoms with van der Waals surface area (Å²) >= 11 is 6.15. The van der Waals surface area contributed by atoms with Crippen LogP contribution in [0.4, 0.5) is 5.69 Å². The van der Waals surface area contributed by atoms with E-state index in [-0.39, 0.29) is 6.10 Å². The first-order valence-electron chi connectivity index (χ1n) is 5.28. The molecular weight excluding hydrogens is 210 g/mol. The Labute approximate surface area is 95.5 Å². The molecule has 0 amide bonds. The molecule has 0 spiro atoms. The van der Waals surface area contributed by atoms with Crippen LogP contribution < -0.4 is 4.90 Å². The molecule has 2 atom stereocenters. The fourth-order valence-electron chi connectivity index (χ4n) is 2.28. The fraction of sp³-hybridized carbons (Fsp3) is 0.500. The minimum absolute atomic E-state index is 0.259. The zero-order valence-electron chi connectivity index (χ0n) is 9.07. The molecule has 2 nitrogen and oxygen atoms in total. The highest BCUT2D eigenvalue weighted by atomic mass is 35.5. The third-order valence-electron chi connectivity index (χ3n) is 3.07. The lowest BCUT2D eigenvalue weighted by Gasteiger charge is -2.23. The summed E-state index contributed by atoms with van der Waals surface area (Å²) in [6, 6.07) is 6.37. The topological polar surface area (TPSA) is 23.5 Å². The van der Waals surface area contributed by atoms with Crippen molar-refractivity contribution in [2.45, 2.75) is 31.9 Å². The average molecular weight is 226 g/mol. The number of fused-ring (bicyclic) bond motifs is 1. The van der Waals surface area contributed by atoms with E-state index in [4.69, 9.17) is 11.6 Å². The molecule has 3 heteroatoms. The van der Waals surface area contributed by atoms with Gasteiger partial charge in [-0.25, -0.2) is 0 Å². The number of likely N-dealkylation sites (N-methyl/N-ethyl adjacent to an activating group) is 1. The van der Waals surface area contributed by atoms with Crippen LogP contribution in [0.2, 0.25) is 5.02 Å². The summed E-state index contributed by atoms with van der Waals surface area (Å²) in [5.41, 5.74) is 2.42. The third kappa shape index (κ3) is 1.97. The predicted octanol–water partition coefficient (Wildman–Crippen LogP) is 2.47. The monoisotopic (exact) mass is 225 g/mol. The van der Waals surface area contributed by atoms with E-state index in [0.29, 0.717) is 6.04 Å². The normalized spacial score (nSPS) is 21.6. The molecule has 0 radical (unpaired) electrons. The van der Waals surface area contributed by atoms with Gasteiger partial charge in [-0.2, -0.15) is 0 Å². The molecule has 1 aliphatic heterocycles. The zero-order chi connectivity index (χ0) is 11.0. The van der Waals surface area contributed by atoms with Gasteiger partial charge in [-0.05, 0) is 37.5 Å². The molecule has 2 rings (SSSR count). The minimum Gasteiger partial charge on any atom is -0.393 e. The van der Waals surface area contributed by atoms with Crippen molar-refractivity contribution in [3.05, 3.63) is 28.8 Å². The van der Waals surface area contributed by atoms with Crippen molar-refractivity contribution in [2.24, 2.45) is 0 Å². The number of hydrogen-bond donors (Lipinski definition) is 1. The Balaban J connectivity index is 2.25. The molecule has 1 N–H and O–H groups in total. The van der Waals surface area contributed by atoms with E-state index in [1.807, 2.05) is 19.1 Å². The molecule has 0 fully saturated rings. The van der Waals surface area contributed by atoms with Crippen molar-refractivity contribution in [3.8, 4) is 0 Å². The number of hydrogen-bond acceptors (Lipinski definition) is 2. The van der Waals surface area contributed by atoms with Gasteiger partial charge in [-0.15, -0.1) is 0 Å². The van der Waals surface area contributed by atoms with Crippen LogP contribution in [0, 0.1) is 0 Å². The Kier molecular flexibility index (Phi) is 2.89. The Hall–Kier alpha value is -0.730. The fourth-order valence-corrected chi connectivity index (χ4v) is 2.53. The van der Waals surface area contributed by atoms with Crippen LogP contribution in [-0.4, -0.2) is 24.3 Å². The zero-order valence-corrected chi connectivity index (χ0v) is 9.83. The molecular formula is C12H16ClNO. The summed E-state index contributed by atoms with van der Waals surface area (Å²) in [7, 11) is 2.06. The second kappa shape index (κ2) is 4.03. The first-order valence-corrected chi connectivity index (χ1v) is 5.65. The van der Waals surface area contributed by atoms with Gasteiger partial charge in [0.2, 0.25) is 0 Å². The molecule has 0 saturated heterocycles. The van der Waals surface area contributed by atoms with Crippen molar-refractivity contribution >= 4 is 17.3 Å². The standard InChI is InChI=1S/C12H16ClNO/c1-8(15)6-9-7-10-11(13)4-3-5-12(10)14(9)2/h3-5,8-9,15H,6-7H2,1-2H3. The molecule has 1 aliphatic rings. The summed E-state index contributed by atoms with van der Waals surface area (Å²) in [4.78, 5) is 2.22. The molecule has 0 aromatic heterocycles. The summed E-state index contributed by atoms with van der Waals surface area (Å²) in [5.74, 6) is 0. The van der Waals surface area contributed by atoms with Crippen molar-refractivity contribution < 1.29 is 5.11 Å². The highest BCUT2D eigenvalue weighted by Gasteiger charge is 2.28. The number of nitrogens with zero attached hydrogens (tertiary/aromatic N) is 1. The Bertz CT molecular complexity index is 365. The highest BCUT2D eigenvalue weighted by molar-refractivity contribution is 6.31. The molecule has 82 valence electrons. The van der Waals surface area contributed by atoms with Crippen molar-refractivity contribution in [3.63, 3.8) is 0 Å². The Morgan fingerprint density at radius 3 is 2.93 bits per heavy atom. The van der Waals surface area contributed by atoms with Crippen LogP contribution >= 0.6 is 11.6 Å². The Morgan fingerprint density at radius 2 is 2.33 bits per heavy atom. The van der Waals surface area contributed by atoms with Crippen molar-refractivity contribution in [2.75, 3.05) is 11.9 Å². The number of anilines is 1. The second-order valence-electron chi connectivity index (χ2n) is 4.29. The molecule has 0 bridgehead atoms. The van der Waals surface area contributed by atoms with Gasteiger partial charge in [-0.1, -0.05) is 17.7 Å². The van der Waals surface area contributed by atoms with E-state index >= 15 is 0 Å². The van der Waals surface area contributed by atoms with E-state index < -0.39 is 0 Å². The smallest absolute Gasteiger partial charge is 0.0531 e. The molecule has 1 aromatic rings. The second-order valence-corrected chi connectivity index (χ2v) is 4.70.